The molecule has 0 unspecified atom stereocenters. The Labute approximate surface area is 111 Å². The van der Waals surface area contributed by atoms with E-state index in [-0.39, 0.29) is 5.78 Å². The zero-order valence-electron chi connectivity index (χ0n) is 10.5. The van der Waals surface area contributed by atoms with Gasteiger partial charge in [-0.15, -0.1) is 0 Å². The molecule has 0 fully saturated rings. The van der Waals surface area contributed by atoms with Crippen LogP contribution in [0, 0.1) is 6.92 Å². The summed E-state index contributed by atoms with van der Waals surface area (Å²) in [6.07, 6.45) is 0.849. The molecule has 0 amide bonds. The van der Waals surface area contributed by atoms with Crippen molar-refractivity contribution in [1.29, 1.82) is 0 Å². The molecular weight excluding hydrogens is 248 g/mol. The molecule has 1 heterocycles. The van der Waals surface area contributed by atoms with E-state index in [2.05, 4.69) is 5.10 Å². The van der Waals surface area contributed by atoms with Gasteiger partial charge in [0.1, 0.15) is 5.78 Å². The van der Waals surface area contributed by atoms with Gasteiger partial charge >= 0.3 is 0 Å². The Balaban J connectivity index is 2.01. The smallest absolute Gasteiger partial charge is 0.143 e. The van der Waals surface area contributed by atoms with Crippen molar-refractivity contribution in [3.63, 3.8) is 0 Å². The number of aromatic nitrogens is 2. The van der Waals surface area contributed by atoms with Crippen LogP contribution in [0.2, 0.25) is 5.02 Å². The zero-order valence-corrected chi connectivity index (χ0v) is 11.2. The number of carbonyl (C=O) groups is 1. The molecule has 0 aliphatic rings. The topological polar surface area (TPSA) is 34.9 Å². The Kier molecular flexibility index (Phi) is 3.82. The summed E-state index contributed by atoms with van der Waals surface area (Å²) >= 11 is 5.80. The van der Waals surface area contributed by atoms with E-state index >= 15 is 0 Å². The third kappa shape index (κ3) is 3.20. The van der Waals surface area contributed by atoms with E-state index in [9.17, 15) is 4.79 Å². The predicted octanol–water partition coefficient (Wildman–Crippen LogP) is 2.74. The number of Topliss-reactive ketones (excluding diaryl/α,β-unsaturated/α-hetero) is 1. The van der Waals surface area contributed by atoms with E-state index in [1.54, 1.807) is 16.8 Å². The summed E-state index contributed by atoms with van der Waals surface area (Å²) in [6.45, 7) is 1.92. The third-order valence-corrected chi connectivity index (χ3v) is 3.04. The van der Waals surface area contributed by atoms with Crippen LogP contribution < -0.4 is 0 Å². The van der Waals surface area contributed by atoms with E-state index in [1.165, 1.54) is 0 Å². The normalized spacial score (nSPS) is 10.6. The minimum atomic E-state index is 0.181. The first-order valence-corrected chi connectivity index (χ1v) is 6.18. The quantitative estimate of drug-likeness (QED) is 0.849. The van der Waals surface area contributed by atoms with E-state index in [4.69, 9.17) is 11.6 Å². The molecule has 18 heavy (non-hydrogen) atoms. The highest BCUT2D eigenvalue weighted by Crippen LogP contribution is 2.11. The number of halogens is 1. The fourth-order valence-electron chi connectivity index (χ4n) is 1.92. The molecule has 1 aromatic heterocycles. The number of hydrogen-bond donors (Lipinski definition) is 0. The maximum atomic E-state index is 12.0. The lowest BCUT2D eigenvalue weighted by molar-refractivity contribution is -0.117. The maximum Gasteiger partial charge on any atom is 0.143 e. The lowest BCUT2D eigenvalue weighted by atomic mass is 10.1. The molecule has 0 bridgehead atoms. The number of hydrogen-bond acceptors (Lipinski definition) is 2. The van der Waals surface area contributed by atoms with Gasteiger partial charge in [0, 0.05) is 30.6 Å². The molecule has 0 atom stereocenters. The molecule has 0 spiro atoms. The fourth-order valence-corrected chi connectivity index (χ4v) is 2.05. The third-order valence-electron chi connectivity index (χ3n) is 2.79. The molecule has 94 valence electrons. The van der Waals surface area contributed by atoms with Gasteiger partial charge in [-0.25, -0.2) is 0 Å². The van der Waals surface area contributed by atoms with Crippen molar-refractivity contribution in [3.8, 4) is 0 Å². The first-order valence-electron chi connectivity index (χ1n) is 5.80. The van der Waals surface area contributed by atoms with E-state index in [0.717, 1.165) is 17.0 Å². The fraction of sp³-hybridized carbons (Fsp3) is 0.286. The van der Waals surface area contributed by atoms with Gasteiger partial charge in [0.15, 0.2) is 0 Å². The highest BCUT2D eigenvalue weighted by Gasteiger charge is 2.09. The Hall–Kier alpha value is -1.61. The molecule has 1 aromatic carbocycles. The Morgan fingerprint density at radius 2 is 1.94 bits per heavy atom. The predicted molar refractivity (Wildman–Crippen MR) is 71.8 cm³/mol. The van der Waals surface area contributed by atoms with Crippen molar-refractivity contribution in [1.82, 2.24) is 9.78 Å². The molecule has 2 aromatic rings. The van der Waals surface area contributed by atoms with Gasteiger partial charge in [-0.05, 0) is 30.7 Å². The Morgan fingerprint density at radius 3 is 2.50 bits per heavy atom. The van der Waals surface area contributed by atoms with Crippen LogP contribution in [0.5, 0.6) is 0 Å². The average Bonchev–Trinajstić information content (AvgIpc) is 2.61. The SMILES string of the molecule is Cc1cc(CC(=O)Cc2ccc(Cl)cc2)n(C)n1. The minimum Gasteiger partial charge on any atom is -0.299 e. The second-order valence-electron chi connectivity index (χ2n) is 4.42. The Morgan fingerprint density at radius 1 is 1.28 bits per heavy atom. The summed E-state index contributed by atoms with van der Waals surface area (Å²) in [5.74, 6) is 0.181. The molecule has 2 rings (SSSR count). The van der Waals surface area contributed by atoms with Crippen LogP contribution in [0.4, 0.5) is 0 Å². The number of nitrogens with zero attached hydrogens (tertiary/aromatic N) is 2. The van der Waals surface area contributed by atoms with E-state index < -0.39 is 0 Å². The van der Waals surface area contributed by atoms with Crippen LogP contribution in [0.25, 0.3) is 0 Å². The van der Waals surface area contributed by atoms with Crippen LogP contribution >= 0.6 is 11.6 Å². The van der Waals surface area contributed by atoms with Crippen LogP contribution in [0.1, 0.15) is 17.0 Å². The maximum absolute atomic E-state index is 12.0. The summed E-state index contributed by atoms with van der Waals surface area (Å²) in [4.78, 5) is 12.0. The number of carbonyl (C=O) groups excluding carboxylic acids is 1. The Bertz CT molecular complexity index is 558. The van der Waals surface area contributed by atoms with Gasteiger partial charge in [0.25, 0.3) is 0 Å². The lowest BCUT2D eigenvalue weighted by Gasteiger charge is -2.02. The minimum absolute atomic E-state index is 0.181. The van der Waals surface area contributed by atoms with Crippen molar-refractivity contribution in [3.05, 3.63) is 52.3 Å². The standard InChI is InChI=1S/C14H15ClN2O/c1-10-7-13(17(2)16-10)9-14(18)8-11-3-5-12(15)6-4-11/h3-7H,8-9H2,1-2H3. The lowest BCUT2D eigenvalue weighted by Crippen LogP contribution is -2.09. The van der Waals surface area contributed by atoms with Gasteiger partial charge in [-0.2, -0.15) is 5.10 Å². The molecule has 0 aliphatic heterocycles. The van der Waals surface area contributed by atoms with E-state index in [0.29, 0.717) is 17.9 Å². The van der Waals surface area contributed by atoms with Crippen molar-refractivity contribution >= 4 is 17.4 Å². The van der Waals surface area contributed by atoms with Crippen LogP contribution in [0.3, 0.4) is 0 Å². The van der Waals surface area contributed by atoms with Crippen molar-refractivity contribution < 1.29 is 4.79 Å². The summed E-state index contributed by atoms with van der Waals surface area (Å²) in [5.41, 5.74) is 2.88. The summed E-state index contributed by atoms with van der Waals surface area (Å²) in [5, 5.41) is 4.92. The largest absolute Gasteiger partial charge is 0.299 e. The van der Waals surface area contributed by atoms with Gasteiger partial charge in [0.05, 0.1) is 5.69 Å². The van der Waals surface area contributed by atoms with Gasteiger partial charge in [-0.3, -0.25) is 9.48 Å². The van der Waals surface area contributed by atoms with Crippen LogP contribution in [-0.2, 0) is 24.7 Å². The average molecular weight is 263 g/mol. The monoisotopic (exact) mass is 262 g/mol. The molecule has 0 saturated carbocycles. The van der Waals surface area contributed by atoms with Gasteiger partial charge in [-0.1, -0.05) is 23.7 Å². The summed E-state index contributed by atoms with van der Waals surface area (Å²) < 4.78 is 1.76. The molecule has 3 nitrogen and oxygen atoms in total. The van der Waals surface area contributed by atoms with Gasteiger partial charge in [0.2, 0.25) is 0 Å². The molecule has 0 aliphatic carbocycles. The highest BCUT2D eigenvalue weighted by molar-refractivity contribution is 6.30. The molecular formula is C14H15ClN2O. The van der Waals surface area contributed by atoms with Crippen molar-refractivity contribution in [2.24, 2.45) is 7.05 Å². The first-order chi connectivity index (χ1) is 8.54. The molecule has 0 N–H and O–H groups in total. The highest BCUT2D eigenvalue weighted by atomic mass is 35.5. The summed E-state index contributed by atoms with van der Waals surface area (Å²) in [7, 11) is 1.86. The first kappa shape index (κ1) is 12.8. The second kappa shape index (κ2) is 5.36. The molecule has 0 saturated heterocycles. The number of rotatable bonds is 4. The van der Waals surface area contributed by atoms with Crippen LogP contribution in [-0.4, -0.2) is 15.6 Å². The zero-order chi connectivity index (χ0) is 13.1. The summed E-state index contributed by atoms with van der Waals surface area (Å²) in [6, 6.07) is 9.32. The van der Waals surface area contributed by atoms with Crippen LogP contribution in [0.15, 0.2) is 30.3 Å². The number of aryl methyl sites for hydroxylation is 2. The van der Waals surface area contributed by atoms with E-state index in [1.807, 2.05) is 32.2 Å². The number of benzene rings is 1. The second-order valence-corrected chi connectivity index (χ2v) is 4.86. The molecule has 4 heteroatoms. The van der Waals surface area contributed by atoms with Crippen molar-refractivity contribution in [2.75, 3.05) is 0 Å². The van der Waals surface area contributed by atoms with Gasteiger partial charge < -0.3 is 0 Å². The van der Waals surface area contributed by atoms with Crippen molar-refractivity contribution in [2.45, 2.75) is 19.8 Å². The molecule has 0 radical (unpaired) electrons. The number of ketones is 1.